The second-order valence-corrected chi connectivity index (χ2v) is 6.55. The van der Waals surface area contributed by atoms with Gasteiger partial charge in [0.15, 0.2) is 0 Å². The van der Waals surface area contributed by atoms with Gasteiger partial charge in [-0.1, -0.05) is 13.3 Å². The van der Waals surface area contributed by atoms with Crippen LogP contribution < -0.4 is 10.0 Å². The van der Waals surface area contributed by atoms with Crippen LogP contribution in [-0.4, -0.2) is 32.2 Å². The first-order chi connectivity index (χ1) is 8.75. The molecule has 1 fully saturated rings. The maximum absolute atomic E-state index is 13.8. The van der Waals surface area contributed by atoms with Crippen LogP contribution >= 0.6 is 0 Å². The molecule has 7 heteroatoms. The van der Waals surface area contributed by atoms with Crippen LogP contribution in [0.3, 0.4) is 0 Å². The number of nitrogens with two attached hydrogens (primary N) is 1. The van der Waals surface area contributed by atoms with Crippen molar-refractivity contribution in [3.05, 3.63) is 24.0 Å². The average molecular weight is 288 g/mol. The third-order valence-electron chi connectivity index (χ3n) is 3.27. The van der Waals surface area contributed by atoms with E-state index >= 15 is 0 Å². The first-order valence-electron chi connectivity index (χ1n) is 6.05. The second-order valence-electron chi connectivity index (χ2n) is 4.99. The number of halogens is 1. The van der Waals surface area contributed by atoms with Crippen molar-refractivity contribution >= 4 is 15.7 Å². The lowest BCUT2D eigenvalue weighted by Crippen LogP contribution is -2.62. The topological polar surface area (TPSA) is 83.6 Å². The molecule has 19 heavy (non-hydrogen) atoms. The molecular formula is C12H17FN2O3S. The first kappa shape index (κ1) is 14.2. The van der Waals surface area contributed by atoms with Gasteiger partial charge in [-0.3, -0.25) is 0 Å². The summed E-state index contributed by atoms with van der Waals surface area (Å²) in [4.78, 5) is 1.43. The summed E-state index contributed by atoms with van der Waals surface area (Å²) in [6.45, 7) is 2.68. The highest BCUT2D eigenvalue weighted by Crippen LogP contribution is 2.33. The molecule has 0 saturated carbocycles. The van der Waals surface area contributed by atoms with Gasteiger partial charge in [-0.05, 0) is 24.6 Å². The minimum absolute atomic E-state index is 0.252. The number of hydrogen-bond acceptors (Lipinski definition) is 4. The van der Waals surface area contributed by atoms with E-state index < -0.39 is 21.4 Å². The van der Waals surface area contributed by atoms with Crippen molar-refractivity contribution in [2.24, 2.45) is 5.14 Å². The molecule has 1 aliphatic rings. The van der Waals surface area contributed by atoms with Crippen molar-refractivity contribution in [2.75, 3.05) is 18.0 Å². The third-order valence-corrected chi connectivity index (χ3v) is 4.19. The molecule has 3 N–H and O–H groups in total. The van der Waals surface area contributed by atoms with E-state index in [1.54, 1.807) is 4.90 Å². The summed E-state index contributed by atoms with van der Waals surface area (Å²) in [5.41, 5.74) is -0.479. The Hall–Kier alpha value is -1.18. The number of hydrogen-bond donors (Lipinski definition) is 2. The lowest BCUT2D eigenvalue weighted by molar-refractivity contribution is 0.00305. The number of benzene rings is 1. The highest BCUT2D eigenvalue weighted by Gasteiger charge is 2.41. The SMILES string of the molecule is CCCC1(O)CN(c2ccc(S(N)(=O)=O)cc2F)C1. The molecular weight excluding hydrogens is 271 g/mol. The predicted octanol–water partition coefficient (Wildman–Crippen LogP) is 0.824. The molecule has 0 aromatic heterocycles. The molecule has 2 rings (SSSR count). The number of anilines is 1. The van der Waals surface area contributed by atoms with Crippen molar-refractivity contribution in [2.45, 2.75) is 30.3 Å². The first-order valence-corrected chi connectivity index (χ1v) is 7.59. The quantitative estimate of drug-likeness (QED) is 0.859. The Bertz CT molecular complexity index is 583. The second kappa shape index (κ2) is 4.73. The van der Waals surface area contributed by atoms with Crippen molar-refractivity contribution in [1.29, 1.82) is 0 Å². The zero-order valence-corrected chi connectivity index (χ0v) is 11.5. The summed E-state index contributed by atoms with van der Waals surface area (Å²) < 4.78 is 36.0. The molecule has 0 bridgehead atoms. The van der Waals surface area contributed by atoms with Crippen molar-refractivity contribution in [1.82, 2.24) is 0 Å². The van der Waals surface area contributed by atoms with E-state index in [4.69, 9.17) is 5.14 Å². The molecule has 1 aliphatic heterocycles. The summed E-state index contributed by atoms with van der Waals surface area (Å²) in [6.07, 6.45) is 1.53. The Balaban J connectivity index is 2.16. The number of rotatable bonds is 4. The van der Waals surface area contributed by atoms with Gasteiger partial charge in [0, 0.05) is 13.1 Å². The summed E-state index contributed by atoms with van der Waals surface area (Å²) in [5, 5.41) is 15.0. The summed E-state index contributed by atoms with van der Waals surface area (Å²) >= 11 is 0. The lowest BCUT2D eigenvalue weighted by Gasteiger charge is -2.48. The van der Waals surface area contributed by atoms with Crippen LogP contribution in [0.5, 0.6) is 0 Å². The van der Waals surface area contributed by atoms with Gasteiger partial charge in [-0.25, -0.2) is 17.9 Å². The van der Waals surface area contributed by atoms with Crippen molar-refractivity contribution < 1.29 is 17.9 Å². The Morgan fingerprint density at radius 3 is 2.58 bits per heavy atom. The van der Waals surface area contributed by atoms with Crippen molar-refractivity contribution in [3.8, 4) is 0 Å². The van der Waals surface area contributed by atoms with Crippen LogP contribution in [0.25, 0.3) is 0 Å². The largest absolute Gasteiger partial charge is 0.386 e. The number of aliphatic hydroxyl groups is 1. The monoisotopic (exact) mass is 288 g/mol. The van der Waals surface area contributed by atoms with Gasteiger partial charge in [-0.15, -0.1) is 0 Å². The number of nitrogens with zero attached hydrogens (tertiary/aromatic N) is 1. The van der Waals surface area contributed by atoms with E-state index in [1.165, 1.54) is 12.1 Å². The predicted molar refractivity (Wildman–Crippen MR) is 69.8 cm³/mol. The molecule has 1 saturated heterocycles. The number of β-amino-alcohol motifs (C(OH)–C–C–N with tert-alkyl or cyclic N) is 1. The zero-order chi connectivity index (χ0) is 14.3. The summed E-state index contributed by atoms with van der Waals surface area (Å²) in [5.74, 6) is -0.648. The highest BCUT2D eigenvalue weighted by atomic mass is 32.2. The molecule has 0 amide bonds. The maximum Gasteiger partial charge on any atom is 0.238 e. The molecule has 0 radical (unpaired) electrons. The molecule has 0 unspecified atom stereocenters. The molecule has 0 aliphatic carbocycles. The van der Waals surface area contributed by atoms with Crippen LogP contribution in [-0.2, 0) is 10.0 Å². The van der Waals surface area contributed by atoms with Gasteiger partial charge in [0.25, 0.3) is 0 Å². The normalized spacial score (nSPS) is 18.2. The molecule has 1 aromatic rings. The van der Waals surface area contributed by atoms with E-state index in [-0.39, 0.29) is 10.6 Å². The maximum atomic E-state index is 13.8. The van der Waals surface area contributed by atoms with Gasteiger partial charge in [-0.2, -0.15) is 0 Å². The third kappa shape index (κ3) is 2.88. The Kier molecular flexibility index (Phi) is 3.55. The molecule has 1 heterocycles. The van der Waals surface area contributed by atoms with E-state index in [0.717, 1.165) is 12.5 Å². The Morgan fingerprint density at radius 2 is 2.11 bits per heavy atom. The van der Waals surface area contributed by atoms with Crippen LogP contribution in [0, 0.1) is 5.82 Å². The van der Waals surface area contributed by atoms with Crippen molar-refractivity contribution in [3.63, 3.8) is 0 Å². The van der Waals surface area contributed by atoms with E-state index in [2.05, 4.69) is 0 Å². The van der Waals surface area contributed by atoms with Gasteiger partial charge >= 0.3 is 0 Å². The zero-order valence-electron chi connectivity index (χ0n) is 10.6. The summed E-state index contributed by atoms with van der Waals surface area (Å²) in [6, 6.07) is 3.55. The fourth-order valence-corrected chi connectivity index (χ4v) is 2.90. The van der Waals surface area contributed by atoms with Crippen LogP contribution in [0.1, 0.15) is 19.8 Å². The molecule has 0 spiro atoms. The molecule has 5 nitrogen and oxygen atoms in total. The highest BCUT2D eigenvalue weighted by molar-refractivity contribution is 7.89. The minimum atomic E-state index is -3.90. The van der Waals surface area contributed by atoms with E-state index in [0.29, 0.717) is 19.5 Å². The standard InChI is InChI=1S/C12H17FN2O3S/c1-2-5-12(16)7-15(8-12)11-4-3-9(6-10(11)13)19(14,17)18/h3-4,6,16H,2,5,7-8H2,1H3,(H2,14,17,18). The minimum Gasteiger partial charge on any atom is -0.386 e. The van der Waals surface area contributed by atoms with Gasteiger partial charge in [0.2, 0.25) is 10.0 Å². The van der Waals surface area contributed by atoms with Gasteiger partial charge < -0.3 is 10.0 Å². The molecule has 0 atom stereocenters. The van der Waals surface area contributed by atoms with Crippen LogP contribution in [0.2, 0.25) is 0 Å². The Morgan fingerprint density at radius 1 is 1.47 bits per heavy atom. The fourth-order valence-electron chi connectivity index (χ4n) is 2.38. The number of primary sulfonamides is 1. The van der Waals surface area contributed by atoms with Gasteiger partial charge in [0.05, 0.1) is 16.2 Å². The number of sulfonamides is 1. The average Bonchev–Trinajstić information content (AvgIpc) is 2.25. The van der Waals surface area contributed by atoms with E-state index in [9.17, 15) is 17.9 Å². The lowest BCUT2D eigenvalue weighted by atomic mass is 9.89. The molecule has 106 valence electrons. The van der Waals surface area contributed by atoms with E-state index in [1.807, 2.05) is 6.92 Å². The van der Waals surface area contributed by atoms with Crippen LogP contribution in [0.15, 0.2) is 23.1 Å². The Labute approximate surface area is 111 Å². The molecule has 1 aromatic carbocycles. The smallest absolute Gasteiger partial charge is 0.238 e. The van der Waals surface area contributed by atoms with Gasteiger partial charge in [0.1, 0.15) is 5.82 Å². The summed E-state index contributed by atoms with van der Waals surface area (Å²) in [7, 11) is -3.90. The van der Waals surface area contributed by atoms with Crippen LogP contribution in [0.4, 0.5) is 10.1 Å². The fraction of sp³-hybridized carbons (Fsp3) is 0.500.